The van der Waals surface area contributed by atoms with Gasteiger partial charge in [0.15, 0.2) is 0 Å². The Morgan fingerprint density at radius 2 is 1.47 bits per heavy atom. The van der Waals surface area contributed by atoms with Crippen LogP contribution in [0.5, 0.6) is 0 Å². The Labute approximate surface area is 198 Å². The predicted molar refractivity (Wildman–Crippen MR) is 130 cm³/mol. The van der Waals surface area contributed by atoms with Crippen molar-refractivity contribution in [2.45, 2.75) is 18.7 Å². The molecule has 180 valence electrons. The maximum atomic E-state index is 13.0. The predicted octanol–water partition coefficient (Wildman–Crippen LogP) is 3.65. The first-order chi connectivity index (χ1) is 15.9. The summed E-state index contributed by atoms with van der Waals surface area (Å²) in [5.41, 5.74) is 2.53. The lowest BCUT2D eigenvalue weighted by atomic mass is 10.1. The minimum Gasteiger partial charge on any atom is -0.325 e. The third-order valence-corrected chi connectivity index (χ3v) is 7.60. The number of carbonyl (C=O) groups is 1. The third-order valence-electron chi connectivity index (χ3n) is 5.08. The normalized spacial score (nSPS) is 11.6. The summed E-state index contributed by atoms with van der Waals surface area (Å²) in [5, 5.41) is 2.58. The molecule has 2 N–H and O–H groups in total. The standard InChI is InChI=1S/C23H24FN3O5S2/c1-16-5-4-6-22(17(16)2)27(33(3,29)30)15-23(28)25-19-11-13-21(14-12-19)34(31,32)26-20-9-7-18(24)8-10-20/h4-14,26H,15H2,1-3H3,(H,25,28). The second-order valence-electron chi connectivity index (χ2n) is 7.67. The van der Waals surface area contributed by atoms with Crippen molar-refractivity contribution in [3.05, 3.63) is 83.7 Å². The summed E-state index contributed by atoms with van der Waals surface area (Å²) in [6.07, 6.45) is 1.02. The largest absolute Gasteiger partial charge is 0.325 e. The fraction of sp³-hybridized carbons (Fsp3) is 0.174. The highest BCUT2D eigenvalue weighted by atomic mass is 32.2. The molecule has 0 saturated heterocycles. The summed E-state index contributed by atoms with van der Waals surface area (Å²) in [4.78, 5) is 12.5. The van der Waals surface area contributed by atoms with Crippen LogP contribution in [0.2, 0.25) is 0 Å². The molecule has 3 rings (SSSR count). The number of hydrogen-bond acceptors (Lipinski definition) is 5. The van der Waals surface area contributed by atoms with E-state index in [9.17, 15) is 26.0 Å². The molecule has 0 aromatic heterocycles. The van der Waals surface area contributed by atoms with Crippen LogP contribution in [0.4, 0.5) is 21.5 Å². The highest BCUT2D eigenvalue weighted by molar-refractivity contribution is 7.92. The molecule has 0 heterocycles. The third kappa shape index (κ3) is 6.12. The number of carbonyl (C=O) groups excluding carboxylic acids is 1. The lowest BCUT2D eigenvalue weighted by Crippen LogP contribution is -2.38. The van der Waals surface area contributed by atoms with Gasteiger partial charge >= 0.3 is 0 Å². The Kier molecular flexibility index (Phi) is 7.27. The van der Waals surface area contributed by atoms with Gasteiger partial charge in [-0.2, -0.15) is 0 Å². The fourth-order valence-corrected chi connectivity index (χ4v) is 5.13. The summed E-state index contributed by atoms with van der Waals surface area (Å²) >= 11 is 0. The van der Waals surface area contributed by atoms with E-state index in [0.717, 1.165) is 33.8 Å². The number of nitrogens with one attached hydrogen (secondary N) is 2. The second kappa shape index (κ2) is 9.82. The molecule has 0 aliphatic carbocycles. The van der Waals surface area contributed by atoms with Gasteiger partial charge in [-0.3, -0.25) is 13.8 Å². The average Bonchev–Trinajstić information content (AvgIpc) is 2.75. The topological polar surface area (TPSA) is 113 Å². The van der Waals surface area contributed by atoms with E-state index in [1.165, 1.54) is 36.4 Å². The maximum absolute atomic E-state index is 13.0. The van der Waals surface area contributed by atoms with E-state index in [-0.39, 0.29) is 10.6 Å². The van der Waals surface area contributed by atoms with Crippen LogP contribution in [0.25, 0.3) is 0 Å². The van der Waals surface area contributed by atoms with Gasteiger partial charge in [0.2, 0.25) is 15.9 Å². The van der Waals surface area contributed by atoms with Gasteiger partial charge in [0.05, 0.1) is 16.8 Å². The molecule has 1 amide bonds. The number of sulfonamides is 2. The van der Waals surface area contributed by atoms with Gasteiger partial charge in [-0.25, -0.2) is 21.2 Å². The van der Waals surface area contributed by atoms with Crippen LogP contribution in [0.1, 0.15) is 11.1 Å². The van der Waals surface area contributed by atoms with Gasteiger partial charge in [0.1, 0.15) is 12.4 Å². The zero-order chi connectivity index (χ0) is 25.1. The number of benzene rings is 3. The van der Waals surface area contributed by atoms with E-state index in [1.54, 1.807) is 19.1 Å². The Hall–Kier alpha value is -3.44. The van der Waals surface area contributed by atoms with E-state index in [0.29, 0.717) is 11.4 Å². The molecule has 3 aromatic rings. The molecule has 0 spiro atoms. The maximum Gasteiger partial charge on any atom is 0.261 e. The van der Waals surface area contributed by atoms with Crippen molar-refractivity contribution in [2.75, 3.05) is 27.1 Å². The van der Waals surface area contributed by atoms with Crippen molar-refractivity contribution < 1.29 is 26.0 Å². The van der Waals surface area contributed by atoms with Crippen molar-refractivity contribution in [2.24, 2.45) is 0 Å². The Morgan fingerprint density at radius 3 is 2.06 bits per heavy atom. The van der Waals surface area contributed by atoms with Crippen molar-refractivity contribution in [3.8, 4) is 0 Å². The number of hydrogen-bond donors (Lipinski definition) is 2. The van der Waals surface area contributed by atoms with Gasteiger partial charge in [0.25, 0.3) is 10.0 Å². The molecule has 0 atom stereocenters. The molecule has 0 aliphatic rings. The summed E-state index contributed by atoms with van der Waals surface area (Å²) in [6.45, 7) is 3.18. The van der Waals surface area contributed by atoms with Gasteiger partial charge in [-0.1, -0.05) is 12.1 Å². The van der Waals surface area contributed by atoms with Crippen LogP contribution in [0, 0.1) is 19.7 Å². The van der Waals surface area contributed by atoms with Crippen molar-refractivity contribution in [1.29, 1.82) is 0 Å². The van der Waals surface area contributed by atoms with E-state index in [4.69, 9.17) is 0 Å². The Bertz CT molecular complexity index is 1410. The van der Waals surface area contributed by atoms with Gasteiger partial charge in [-0.05, 0) is 79.6 Å². The smallest absolute Gasteiger partial charge is 0.261 e. The van der Waals surface area contributed by atoms with Crippen LogP contribution >= 0.6 is 0 Å². The molecule has 3 aromatic carbocycles. The van der Waals surface area contributed by atoms with Gasteiger partial charge < -0.3 is 5.32 Å². The quantitative estimate of drug-likeness (QED) is 0.485. The molecule has 0 bridgehead atoms. The zero-order valence-electron chi connectivity index (χ0n) is 18.7. The second-order valence-corrected chi connectivity index (χ2v) is 11.3. The highest BCUT2D eigenvalue weighted by Gasteiger charge is 2.23. The van der Waals surface area contributed by atoms with Crippen LogP contribution in [0.3, 0.4) is 0 Å². The van der Waals surface area contributed by atoms with Crippen LogP contribution in [0.15, 0.2) is 71.6 Å². The Morgan fingerprint density at radius 1 is 0.882 bits per heavy atom. The lowest BCUT2D eigenvalue weighted by molar-refractivity contribution is -0.114. The molecule has 0 fully saturated rings. The molecule has 8 nitrogen and oxygen atoms in total. The summed E-state index contributed by atoms with van der Waals surface area (Å²) in [7, 11) is -7.67. The van der Waals surface area contributed by atoms with Crippen LogP contribution in [-0.4, -0.2) is 35.5 Å². The molecule has 0 saturated carbocycles. The minimum atomic E-state index is -3.93. The summed E-state index contributed by atoms with van der Waals surface area (Å²) in [5.74, 6) is -1.08. The monoisotopic (exact) mass is 505 g/mol. The number of rotatable bonds is 8. The van der Waals surface area contributed by atoms with E-state index in [2.05, 4.69) is 10.0 Å². The highest BCUT2D eigenvalue weighted by Crippen LogP contribution is 2.25. The first kappa shape index (κ1) is 25.2. The van der Waals surface area contributed by atoms with Crippen molar-refractivity contribution in [3.63, 3.8) is 0 Å². The van der Waals surface area contributed by atoms with Crippen molar-refractivity contribution in [1.82, 2.24) is 0 Å². The lowest BCUT2D eigenvalue weighted by Gasteiger charge is -2.24. The molecule has 34 heavy (non-hydrogen) atoms. The SMILES string of the molecule is Cc1cccc(N(CC(=O)Nc2ccc(S(=O)(=O)Nc3ccc(F)cc3)cc2)S(C)(=O)=O)c1C. The Balaban J connectivity index is 1.73. The summed E-state index contributed by atoms with van der Waals surface area (Å²) < 4.78 is 66.2. The number of anilines is 3. The van der Waals surface area contributed by atoms with Gasteiger partial charge in [0, 0.05) is 11.4 Å². The molecular weight excluding hydrogens is 481 g/mol. The van der Waals surface area contributed by atoms with E-state index < -0.39 is 38.3 Å². The molecule has 0 unspecified atom stereocenters. The van der Waals surface area contributed by atoms with Crippen LogP contribution < -0.4 is 14.3 Å². The average molecular weight is 506 g/mol. The van der Waals surface area contributed by atoms with Crippen molar-refractivity contribution >= 4 is 43.0 Å². The number of halogens is 1. The van der Waals surface area contributed by atoms with E-state index >= 15 is 0 Å². The van der Waals surface area contributed by atoms with E-state index in [1.807, 2.05) is 13.0 Å². The molecule has 0 aliphatic heterocycles. The zero-order valence-corrected chi connectivity index (χ0v) is 20.4. The first-order valence-corrected chi connectivity index (χ1v) is 13.4. The molecule has 11 heteroatoms. The fourth-order valence-electron chi connectivity index (χ4n) is 3.17. The van der Waals surface area contributed by atoms with Crippen LogP contribution in [-0.2, 0) is 24.8 Å². The molecule has 0 radical (unpaired) electrons. The number of amides is 1. The minimum absolute atomic E-state index is 0.0667. The molecular formula is C23H24FN3O5S2. The number of aryl methyl sites for hydroxylation is 1. The summed E-state index contributed by atoms with van der Waals surface area (Å²) in [6, 6.07) is 15.4. The van der Waals surface area contributed by atoms with Gasteiger partial charge in [-0.15, -0.1) is 0 Å². The first-order valence-electron chi connectivity index (χ1n) is 10.1. The number of nitrogens with zero attached hydrogens (tertiary/aromatic N) is 1.